The van der Waals surface area contributed by atoms with Crippen molar-refractivity contribution in [1.82, 2.24) is 20.4 Å². The van der Waals surface area contributed by atoms with Gasteiger partial charge in [-0.1, -0.05) is 18.7 Å². The second-order valence-corrected chi connectivity index (χ2v) is 7.50. The van der Waals surface area contributed by atoms with Gasteiger partial charge in [-0.05, 0) is 50.1 Å². The highest BCUT2D eigenvalue weighted by atomic mass is 32.2. The standard InChI is InChI=1S/C19H26N4O3S/c1-3-10-23-11-8-15(9-12-23)20-17(24)13-27-19-22-21-18(26-19)14-4-6-16(25-2)7-5-14/h4-7,15H,3,8-13H2,1-2H3,(H,20,24). The average molecular weight is 391 g/mol. The van der Waals surface area contributed by atoms with E-state index >= 15 is 0 Å². The molecule has 1 N–H and O–H groups in total. The van der Waals surface area contributed by atoms with E-state index in [4.69, 9.17) is 9.15 Å². The van der Waals surface area contributed by atoms with Crippen LogP contribution in [0.5, 0.6) is 5.75 Å². The minimum Gasteiger partial charge on any atom is -0.497 e. The Morgan fingerprint density at radius 3 is 2.70 bits per heavy atom. The van der Waals surface area contributed by atoms with Gasteiger partial charge in [0, 0.05) is 24.7 Å². The molecule has 0 saturated carbocycles. The first-order chi connectivity index (χ1) is 13.2. The van der Waals surface area contributed by atoms with Crippen molar-refractivity contribution in [2.24, 2.45) is 0 Å². The smallest absolute Gasteiger partial charge is 0.277 e. The summed E-state index contributed by atoms with van der Waals surface area (Å²) >= 11 is 1.26. The Balaban J connectivity index is 1.43. The fourth-order valence-corrected chi connectivity index (χ4v) is 3.71. The molecule has 1 aromatic heterocycles. The van der Waals surface area contributed by atoms with Gasteiger partial charge in [0.05, 0.1) is 12.9 Å². The van der Waals surface area contributed by atoms with Crippen molar-refractivity contribution in [2.75, 3.05) is 32.5 Å². The normalized spacial score (nSPS) is 15.6. The molecule has 0 atom stereocenters. The van der Waals surface area contributed by atoms with E-state index in [2.05, 4.69) is 27.3 Å². The SMILES string of the molecule is CCCN1CCC(NC(=O)CSc2nnc(-c3ccc(OC)cc3)o2)CC1. The summed E-state index contributed by atoms with van der Waals surface area (Å²) in [5.41, 5.74) is 0.818. The lowest BCUT2D eigenvalue weighted by Gasteiger charge is -2.32. The summed E-state index contributed by atoms with van der Waals surface area (Å²) < 4.78 is 10.8. The number of nitrogens with zero attached hydrogens (tertiary/aromatic N) is 3. The Labute approximate surface area is 163 Å². The summed E-state index contributed by atoms with van der Waals surface area (Å²) in [7, 11) is 1.62. The number of hydrogen-bond donors (Lipinski definition) is 1. The van der Waals surface area contributed by atoms with Gasteiger partial charge in [0.25, 0.3) is 5.22 Å². The van der Waals surface area contributed by atoms with Gasteiger partial charge in [0.15, 0.2) is 0 Å². The largest absolute Gasteiger partial charge is 0.497 e. The van der Waals surface area contributed by atoms with Crippen molar-refractivity contribution >= 4 is 17.7 Å². The van der Waals surface area contributed by atoms with Crippen LogP contribution in [0.4, 0.5) is 0 Å². The van der Waals surface area contributed by atoms with Gasteiger partial charge in [-0.25, -0.2) is 0 Å². The molecule has 0 aliphatic carbocycles. The number of benzene rings is 1. The number of carbonyl (C=O) groups is 1. The molecule has 0 unspecified atom stereocenters. The van der Waals surface area contributed by atoms with Crippen molar-refractivity contribution in [3.63, 3.8) is 0 Å². The number of likely N-dealkylation sites (tertiary alicyclic amines) is 1. The number of carbonyl (C=O) groups excluding carboxylic acids is 1. The summed E-state index contributed by atoms with van der Waals surface area (Å²) in [5.74, 6) is 1.49. The molecular weight excluding hydrogens is 364 g/mol. The molecule has 1 aliphatic rings. The fourth-order valence-electron chi connectivity index (χ4n) is 3.13. The number of aromatic nitrogens is 2. The molecule has 146 valence electrons. The summed E-state index contributed by atoms with van der Waals surface area (Å²) in [5, 5.41) is 11.6. The van der Waals surface area contributed by atoms with Crippen LogP contribution in [-0.2, 0) is 4.79 Å². The van der Waals surface area contributed by atoms with E-state index in [0.29, 0.717) is 11.1 Å². The second-order valence-electron chi connectivity index (χ2n) is 6.57. The second kappa shape index (κ2) is 9.75. The zero-order valence-electron chi connectivity index (χ0n) is 15.8. The number of amides is 1. The molecule has 0 radical (unpaired) electrons. The number of ether oxygens (including phenoxy) is 1. The molecule has 1 saturated heterocycles. The van der Waals surface area contributed by atoms with Gasteiger partial charge in [0.1, 0.15) is 5.75 Å². The van der Waals surface area contributed by atoms with Crippen LogP contribution >= 0.6 is 11.8 Å². The number of rotatable bonds is 8. The first-order valence-electron chi connectivity index (χ1n) is 9.30. The molecular formula is C19H26N4O3S. The predicted octanol–water partition coefficient (Wildman–Crippen LogP) is 2.83. The van der Waals surface area contributed by atoms with E-state index in [1.165, 1.54) is 18.2 Å². The van der Waals surface area contributed by atoms with Crippen molar-refractivity contribution in [1.29, 1.82) is 0 Å². The van der Waals surface area contributed by atoms with E-state index in [9.17, 15) is 4.79 Å². The van der Waals surface area contributed by atoms with Crippen molar-refractivity contribution in [3.05, 3.63) is 24.3 Å². The van der Waals surface area contributed by atoms with Gasteiger partial charge in [0.2, 0.25) is 11.8 Å². The number of thioether (sulfide) groups is 1. The molecule has 7 nitrogen and oxygen atoms in total. The summed E-state index contributed by atoms with van der Waals surface area (Å²) in [6.07, 6.45) is 3.20. The number of hydrogen-bond acceptors (Lipinski definition) is 7. The van der Waals surface area contributed by atoms with Crippen molar-refractivity contribution in [2.45, 2.75) is 37.5 Å². The van der Waals surface area contributed by atoms with Crippen LogP contribution in [0.2, 0.25) is 0 Å². The van der Waals surface area contributed by atoms with Crippen LogP contribution in [-0.4, -0.2) is 59.5 Å². The third-order valence-corrected chi connectivity index (χ3v) is 5.38. The van der Waals surface area contributed by atoms with Crippen LogP contribution in [0.1, 0.15) is 26.2 Å². The Hall–Kier alpha value is -2.06. The van der Waals surface area contributed by atoms with E-state index < -0.39 is 0 Å². The van der Waals surface area contributed by atoms with E-state index in [1.54, 1.807) is 7.11 Å². The lowest BCUT2D eigenvalue weighted by atomic mass is 10.1. The molecule has 1 aliphatic heterocycles. The maximum atomic E-state index is 12.2. The maximum Gasteiger partial charge on any atom is 0.277 e. The lowest BCUT2D eigenvalue weighted by Crippen LogP contribution is -2.45. The first-order valence-corrected chi connectivity index (χ1v) is 10.3. The molecule has 27 heavy (non-hydrogen) atoms. The molecule has 1 aromatic carbocycles. The molecule has 0 bridgehead atoms. The molecule has 0 spiro atoms. The molecule has 1 amide bonds. The minimum atomic E-state index is 0.0122. The van der Waals surface area contributed by atoms with E-state index in [1.807, 2.05) is 24.3 Å². The molecule has 3 rings (SSSR count). The Morgan fingerprint density at radius 2 is 2.04 bits per heavy atom. The topological polar surface area (TPSA) is 80.5 Å². The first kappa shape index (κ1) is 19.7. The maximum absolute atomic E-state index is 12.2. The highest BCUT2D eigenvalue weighted by Crippen LogP contribution is 2.24. The molecule has 8 heteroatoms. The minimum absolute atomic E-state index is 0.0122. The van der Waals surface area contributed by atoms with Crippen LogP contribution in [0.15, 0.2) is 33.9 Å². The monoisotopic (exact) mass is 390 g/mol. The molecule has 2 aromatic rings. The van der Waals surface area contributed by atoms with Crippen LogP contribution in [0.25, 0.3) is 11.5 Å². The Morgan fingerprint density at radius 1 is 1.30 bits per heavy atom. The number of piperidine rings is 1. The van der Waals surface area contributed by atoms with E-state index in [-0.39, 0.29) is 17.7 Å². The molecule has 1 fully saturated rings. The van der Waals surface area contributed by atoms with Crippen molar-refractivity contribution in [3.8, 4) is 17.2 Å². The third-order valence-electron chi connectivity index (χ3n) is 4.56. The number of nitrogens with one attached hydrogen (secondary N) is 1. The zero-order chi connectivity index (χ0) is 19.1. The highest BCUT2D eigenvalue weighted by molar-refractivity contribution is 7.99. The summed E-state index contributed by atoms with van der Waals surface area (Å²) in [4.78, 5) is 14.6. The van der Waals surface area contributed by atoms with Gasteiger partial charge in [-0.2, -0.15) is 0 Å². The van der Waals surface area contributed by atoms with Gasteiger partial charge in [-0.15, -0.1) is 10.2 Å². The predicted molar refractivity (Wildman–Crippen MR) is 105 cm³/mol. The van der Waals surface area contributed by atoms with Crippen LogP contribution < -0.4 is 10.1 Å². The van der Waals surface area contributed by atoms with Gasteiger partial charge in [-0.3, -0.25) is 4.79 Å². The van der Waals surface area contributed by atoms with E-state index in [0.717, 1.165) is 43.8 Å². The van der Waals surface area contributed by atoms with Gasteiger partial charge >= 0.3 is 0 Å². The summed E-state index contributed by atoms with van der Waals surface area (Å²) in [6, 6.07) is 7.66. The van der Waals surface area contributed by atoms with Gasteiger partial charge < -0.3 is 19.4 Å². The quantitative estimate of drug-likeness (QED) is 0.694. The fraction of sp³-hybridized carbons (Fsp3) is 0.526. The van der Waals surface area contributed by atoms with Crippen LogP contribution in [0.3, 0.4) is 0 Å². The van der Waals surface area contributed by atoms with Crippen LogP contribution in [0, 0.1) is 0 Å². The highest BCUT2D eigenvalue weighted by Gasteiger charge is 2.20. The lowest BCUT2D eigenvalue weighted by molar-refractivity contribution is -0.119. The Bertz CT molecular complexity index is 727. The van der Waals surface area contributed by atoms with Crippen molar-refractivity contribution < 1.29 is 13.9 Å². The summed E-state index contributed by atoms with van der Waals surface area (Å²) in [6.45, 7) is 5.45. The number of methoxy groups -OCH3 is 1. The average Bonchev–Trinajstić information content (AvgIpc) is 3.17. The molecule has 2 heterocycles. The Kier molecular flexibility index (Phi) is 7.11. The third kappa shape index (κ3) is 5.71. The zero-order valence-corrected chi connectivity index (χ0v) is 16.6.